The van der Waals surface area contributed by atoms with Crippen LogP contribution in [-0.4, -0.2) is 29.5 Å². The molecule has 1 fully saturated rings. The molecule has 2 heterocycles. The largest absolute Gasteiger partial charge is 0.368 e. The molecule has 0 unspecified atom stereocenters. The number of nitrogens with zero attached hydrogens (tertiary/aromatic N) is 2. The fraction of sp³-hybridized carbons (Fsp3) is 0.667. The Balaban J connectivity index is 2.22. The van der Waals surface area contributed by atoms with E-state index < -0.39 is 0 Å². The Morgan fingerprint density at radius 2 is 2.54 bits per heavy atom. The third kappa shape index (κ3) is 1.59. The van der Waals surface area contributed by atoms with Crippen LogP contribution in [0.25, 0.3) is 0 Å². The van der Waals surface area contributed by atoms with Gasteiger partial charge in [-0.1, -0.05) is 0 Å². The van der Waals surface area contributed by atoms with Crippen molar-refractivity contribution >= 4 is 0 Å². The average Bonchev–Trinajstić information content (AvgIpc) is 2.54. The summed E-state index contributed by atoms with van der Waals surface area (Å²) in [6.07, 6.45) is 3.88. The summed E-state index contributed by atoms with van der Waals surface area (Å²) in [5, 5.41) is 7.47. The Labute approximate surface area is 77.9 Å². The molecule has 0 aromatic carbocycles. The zero-order chi connectivity index (χ0) is 9.31. The first-order chi connectivity index (χ1) is 6.21. The highest BCUT2D eigenvalue weighted by Gasteiger charge is 2.30. The van der Waals surface area contributed by atoms with Crippen molar-refractivity contribution in [3.8, 4) is 0 Å². The summed E-state index contributed by atoms with van der Waals surface area (Å²) in [5.74, 6) is 0. The Bertz CT molecular complexity index is 289. The molecule has 1 atom stereocenters. The van der Waals surface area contributed by atoms with Crippen LogP contribution in [0.4, 0.5) is 0 Å². The number of hydrogen-bond acceptors (Lipinski definition) is 3. The summed E-state index contributed by atoms with van der Waals surface area (Å²) in [5.41, 5.74) is 0.939. The molecular weight excluding hydrogens is 166 g/mol. The van der Waals surface area contributed by atoms with E-state index in [1.165, 1.54) is 0 Å². The van der Waals surface area contributed by atoms with Crippen molar-refractivity contribution < 1.29 is 4.74 Å². The van der Waals surface area contributed by atoms with Crippen LogP contribution in [0.5, 0.6) is 0 Å². The monoisotopic (exact) mass is 181 g/mol. The SMILES string of the molecule is Cn1cc([C@]2(C)CNCCO2)cn1. The van der Waals surface area contributed by atoms with Crippen LogP contribution in [0.1, 0.15) is 12.5 Å². The minimum Gasteiger partial charge on any atom is -0.368 e. The summed E-state index contributed by atoms with van der Waals surface area (Å²) >= 11 is 0. The maximum Gasteiger partial charge on any atom is 0.106 e. The Kier molecular flexibility index (Phi) is 2.09. The molecule has 72 valence electrons. The molecule has 4 heteroatoms. The van der Waals surface area contributed by atoms with E-state index in [0.717, 1.165) is 25.3 Å². The molecule has 1 saturated heterocycles. The summed E-state index contributed by atoms with van der Waals surface area (Å²) in [7, 11) is 1.92. The van der Waals surface area contributed by atoms with Crippen LogP contribution in [0.15, 0.2) is 12.4 Å². The molecule has 0 spiro atoms. The lowest BCUT2D eigenvalue weighted by atomic mass is 9.98. The van der Waals surface area contributed by atoms with Crippen LogP contribution in [-0.2, 0) is 17.4 Å². The number of hydrogen-bond donors (Lipinski definition) is 1. The van der Waals surface area contributed by atoms with Gasteiger partial charge in [0.2, 0.25) is 0 Å². The molecule has 1 N–H and O–H groups in total. The first-order valence-corrected chi connectivity index (χ1v) is 4.54. The van der Waals surface area contributed by atoms with Gasteiger partial charge in [-0.3, -0.25) is 4.68 Å². The molecule has 1 aromatic rings. The van der Waals surface area contributed by atoms with Crippen LogP contribution in [0.2, 0.25) is 0 Å². The molecule has 1 aliphatic heterocycles. The van der Waals surface area contributed by atoms with Gasteiger partial charge in [0.1, 0.15) is 5.60 Å². The Hall–Kier alpha value is -0.870. The fourth-order valence-corrected chi connectivity index (χ4v) is 1.61. The third-order valence-corrected chi connectivity index (χ3v) is 2.48. The van der Waals surface area contributed by atoms with Gasteiger partial charge in [-0.25, -0.2) is 0 Å². The molecule has 0 aliphatic carbocycles. The van der Waals surface area contributed by atoms with Crippen molar-refractivity contribution in [3.05, 3.63) is 18.0 Å². The van der Waals surface area contributed by atoms with Crippen molar-refractivity contribution in [2.24, 2.45) is 7.05 Å². The first-order valence-electron chi connectivity index (χ1n) is 4.54. The van der Waals surface area contributed by atoms with Crippen LogP contribution in [0.3, 0.4) is 0 Å². The van der Waals surface area contributed by atoms with E-state index in [2.05, 4.69) is 17.3 Å². The Morgan fingerprint density at radius 1 is 1.69 bits per heavy atom. The molecule has 2 rings (SSSR count). The fourth-order valence-electron chi connectivity index (χ4n) is 1.61. The summed E-state index contributed by atoms with van der Waals surface area (Å²) in [6.45, 7) is 4.66. The number of aryl methyl sites for hydroxylation is 1. The number of aromatic nitrogens is 2. The standard InChI is InChI=1S/C9H15N3O/c1-9(7-10-3-4-13-9)8-5-11-12(2)6-8/h5-6,10H,3-4,7H2,1-2H3/t9-/m0/s1. The third-order valence-electron chi connectivity index (χ3n) is 2.48. The second-order valence-corrected chi connectivity index (χ2v) is 3.66. The molecule has 0 amide bonds. The molecule has 1 aliphatic rings. The maximum atomic E-state index is 5.75. The summed E-state index contributed by atoms with van der Waals surface area (Å²) in [6, 6.07) is 0. The smallest absolute Gasteiger partial charge is 0.106 e. The molecule has 0 saturated carbocycles. The van der Waals surface area contributed by atoms with Gasteiger partial charge in [0.25, 0.3) is 0 Å². The summed E-state index contributed by atoms with van der Waals surface area (Å²) in [4.78, 5) is 0. The van der Waals surface area contributed by atoms with E-state index in [9.17, 15) is 0 Å². The lowest BCUT2D eigenvalue weighted by Gasteiger charge is -2.33. The second-order valence-electron chi connectivity index (χ2n) is 3.66. The quantitative estimate of drug-likeness (QED) is 0.675. The highest BCUT2D eigenvalue weighted by atomic mass is 16.5. The maximum absolute atomic E-state index is 5.75. The van der Waals surface area contributed by atoms with Gasteiger partial charge in [-0.15, -0.1) is 0 Å². The van der Waals surface area contributed by atoms with Crippen molar-refractivity contribution in [3.63, 3.8) is 0 Å². The van der Waals surface area contributed by atoms with E-state index in [-0.39, 0.29) is 5.60 Å². The van der Waals surface area contributed by atoms with E-state index in [1.54, 1.807) is 4.68 Å². The number of rotatable bonds is 1. The molecule has 1 aromatic heterocycles. The molecule has 4 nitrogen and oxygen atoms in total. The van der Waals surface area contributed by atoms with Gasteiger partial charge in [0.15, 0.2) is 0 Å². The van der Waals surface area contributed by atoms with Crippen LogP contribution < -0.4 is 5.32 Å². The van der Waals surface area contributed by atoms with E-state index >= 15 is 0 Å². The van der Waals surface area contributed by atoms with Crippen molar-refractivity contribution in [1.29, 1.82) is 0 Å². The minimum atomic E-state index is -0.202. The molecule has 0 bridgehead atoms. The minimum absolute atomic E-state index is 0.202. The predicted molar refractivity (Wildman–Crippen MR) is 49.4 cm³/mol. The van der Waals surface area contributed by atoms with Crippen molar-refractivity contribution in [2.45, 2.75) is 12.5 Å². The number of morpholine rings is 1. The lowest BCUT2D eigenvalue weighted by molar-refractivity contribution is -0.0572. The first kappa shape index (κ1) is 8.72. The highest BCUT2D eigenvalue weighted by molar-refractivity contribution is 5.15. The number of ether oxygens (including phenoxy) is 1. The molecule has 13 heavy (non-hydrogen) atoms. The van der Waals surface area contributed by atoms with Crippen LogP contribution in [0, 0.1) is 0 Å². The van der Waals surface area contributed by atoms with Gasteiger partial charge in [-0.2, -0.15) is 5.10 Å². The van der Waals surface area contributed by atoms with Crippen molar-refractivity contribution in [2.75, 3.05) is 19.7 Å². The van der Waals surface area contributed by atoms with Gasteiger partial charge in [0.05, 0.1) is 12.8 Å². The van der Waals surface area contributed by atoms with Gasteiger partial charge in [0, 0.05) is 31.9 Å². The summed E-state index contributed by atoms with van der Waals surface area (Å²) < 4.78 is 7.55. The average molecular weight is 181 g/mol. The Morgan fingerprint density at radius 3 is 3.08 bits per heavy atom. The second kappa shape index (κ2) is 3.12. The van der Waals surface area contributed by atoms with Gasteiger partial charge >= 0.3 is 0 Å². The highest BCUT2D eigenvalue weighted by Crippen LogP contribution is 2.25. The normalized spacial score (nSPS) is 29.1. The van der Waals surface area contributed by atoms with E-state index in [0.29, 0.717) is 0 Å². The lowest BCUT2D eigenvalue weighted by Crippen LogP contribution is -2.45. The number of nitrogens with one attached hydrogen (secondary N) is 1. The zero-order valence-electron chi connectivity index (χ0n) is 8.08. The van der Waals surface area contributed by atoms with Gasteiger partial charge in [-0.05, 0) is 6.92 Å². The van der Waals surface area contributed by atoms with Crippen LogP contribution >= 0.6 is 0 Å². The van der Waals surface area contributed by atoms with E-state index in [4.69, 9.17) is 4.74 Å². The van der Waals surface area contributed by atoms with Crippen molar-refractivity contribution in [1.82, 2.24) is 15.1 Å². The zero-order valence-corrected chi connectivity index (χ0v) is 8.08. The van der Waals surface area contributed by atoms with Gasteiger partial charge < -0.3 is 10.1 Å². The molecular formula is C9H15N3O. The topological polar surface area (TPSA) is 39.1 Å². The van der Waals surface area contributed by atoms with E-state index in [1.807, 2.05) is 19.4 Å². The molecule has 0 radical (unpaired) electrons. The predicted octanol–water partition coefficient (Wildman–Crippen LogP) is 0.255.